The number of halogens is 2. The summed E-state index contributed by atoms with van der Waals surface area (Å²) in [7, 11) is 1.20. The number of amides is 1. The average molecular weight is 476 g/mol. The van der Waals surface area contributed by atoms with E-state index in [1.807, 2.05) is 0 Å². The molecule has 3 rings (SSSR count). The Bertz CT molecular complexity index is 1200. The Morgan fingerprint density at radius 2 is 1.66 bits per heavy atom. The fourth-order valence-electron chi connectivity index (χ4n) is 2.68. The number of carbonyl (C=O) groups is 4. The summed E-state index contributed by atoms with van der Waals surface area (Å²) < 4.78 is 15.0. The molecule has 0 aliphatic carbocycles. The lowest BCUT2D eigenvalue weighted by molar-refractivity contribution is -0.119. The van der Waals surface area contributed by atoms with Gasteiger partial charge in [0.1, 0.15) is 5.76 Å². The van der Waals surface area contributed by atoms with E-state index >= 15 is 0 Å². The molecule has 0 aliphatic rings. The van der Waals surface area contributed by atoms with E-state index in [4.69, 9.17) is 32.4 Å². The van der Waals surface area contributed by atoms with Crippen LogP contribution in [0.25, 0.3) is 11.3 Å². The van der Waals surface area contributed by atoms with Crippen LogP contribution in [0.4, 0.5) is 5.69 Å². The predicted octanol–water partition coefficient (Wildman–Crippen LogP) is 4.65. The highest BCUT2D eigenvalue weighted by Crippen LogP contribution is 2.27. The highest BCUT2D eigenvalue weighted by molar-refractivity contribution is 6.34. The van der Waals surface area contributed by atoms with Crippen molar-refractivity contribution in [2.24, 2.45) is 0 Å². The maximum absolute atomic E-state index is 12.4. The summed E-state index contributed by atoms with van der Waals surface area (Å²) in [5.41, 5.74) is 0.846. The number of anilines is 1. The average Bonchev–Trinajstić information content (AvgIpc) is 3.28. The lowest BCUT2D eigenvalue weighted by Gasteiger charge is -2.10. The second-order valence-electron chi connectivity index (χ2n) is 6.33. The Labute approximate surface area is 192 Å². The highest BCUT2D eigenvalue weighted by atomic mass is 35.5. The second kappa shape index (κ2) is 10.1. The minimum absolute atomic E-state index is 0.0143. The molecule has 0 spiro atoms. The molecule has 164 valence electrons. The Balaban J connectivity index is 1.67. The minimum atomic E-state index is -0.833. The third-order valence-electron chi connectivity index (χ3n) is 4.20. The third-order valence-corrected chi connectivity index (χ3v) is 4.86. The van der Waals surface area contributed by atoms with E-state index in [9.17, 15) is 19.2 Å². The zero-order chi connectivity index (χ0) is 23.3. The van der Waals surface area contributed by atoms with Crippen LogP contribution in [0.3, 0.4) is 0 Å². The molecule has 0 aliphatic heterocycles. The Morgan fingerprint density at radius 1 is 0.969 bits per heavy atom. The number of aldehydes is 1. The van der Waals surface area contributed by atoms with Crippen LogP contribution in [0, 0.1) is 0 Å². The van der Waals surface area contributed by atoms with Crippen LogP contribution < -0.4 is 5.32 Å². The molecule has 1 amide bonds. The van der Waals surface area contributed by atoms with Gasteiger partial charge in [0.05, 0.1) is 28.3 Å². The molecule has 0 saturated carbocycles. The normalized spacial score (nSPS) is 10.3. The lowest BCUT2D eigenvalue weighted by Crippen LogP contribution is -2.21. The smallest absolute Gasteiger partial charge is 0.340 e. The van der Waals surface area contributed by atoms with Gasteiger partial charge in [0.15, 0.2) is 18.7 Å². The van der Waals surface area contributed by atoms with Gasteiger partial charge in [-0.25, -0.2) is 9.59 Å². The van der Waals surface area contributed by atoms with Gasteiger partial charge in [-0.2, -0.15) is 0 Å². The predicted molar refractivity (Wildman–Crippen MR) is 116 cm³/mol. The Hall–Kier alpha value is -3.62. The molecule has 0 atom stereocenters. The van der Waals surface area contributed by atoms with Crippen LogP contribution in [-0.4, -0.2) is 37.8 Å². The number of carbonyl (C=O) groups excluding carboxylic acids is 4. The van der Waals surface area contributed by atoms with Crippen LogP contribution in [-0.2, 0) is 14.3 Å². The summed E-state index contributed by atoms with van der Waals surface area (Å²) in [6.45, 7) is -0.606. The van der Waals surface area contributed by atoms with Crippen molar-refractivity contribution in [3.63, 3.8) is 0 Å². The first-order valence-electron chi connectivity index (χ1n) is 9.02. The Kier molecular flexibility index (Phi) is 7.29. The van der Waals surface area contributed by atoms with E-state index in [2.05, 4.69) is 10.1 Å². The number of nitrogens with one attached hydrogen (secondary N) is 1. The maximum Gasteiger partial charge on any atom is 0.340 e. The number of methoxy groups -OCH3 is 1. The van der Waals surface area contributed by atoms with Gasteiger partial charge < -0.3 is 19.2 Å². The van der Waals surface area contributed by atoms with Crippen LogP contribution in [0.15, 0.2) is 52.9 Å². The van der Waals surface area contributed by atoms with Gasteiger partial charge in [-0.05, 0) is 48.5 Å². The van der Waals surface area contributed by atoms with Gasteiger partial charge in [0.2, 0.25) is 0 Å². The number of rotatable bonds is 7. The molecular weight excluding hydrogens is 461 g/mol. The number of furan rings is 1. The van der Waals surface area contributed by atoms with Gasteiger partial charge in [-0.1, -0.05) is 23.2 Å². The van der Waals surface area contributed by atoms with E-state index in [0.717, 1.165) is 0 Å². The first-order chi connectivity index (χ1) is 15.3. The zero-order valence-electron chi connectivity index (χ0n) is 16.5. The lowest BCUT2D eigenvalue weighted by atomic mass is 10.1. The molecule has 3 aromatic rings. The summed E-state index contributed by atoms with van der Waals surface area (Å²) in [5, 5.41) is 2.77. The second-order valence-corrected chi connectivity index (χ2v) is 7.14. The van der Waals surface area contributed by atoms with Crippen molar-refractivity contribution in [2.45, 2.75) is 0 Å². The fraction of sp³-hybridized carbons (Fsp3) is 0.0909. The fourth-order valence-corrected chi connectivity index (χ4v) is 3.07. The van der Waals surface area contributed by atoms with E-state index < -0.39 is 24.5 Å². The molecule has 1 N–H and O–H groups in total. The molecule has 10 heteroatoms. The number of hydrogen-bond acceptors (Lipinski definition) is 7. The van der Waals surface area contributed by atoms with Gasteiger partial charge in [-0.15, -0.1) is 0 Å². The Morgan fingerprint density at radius 3 is 2.31 bits per heavy atom. The van der Waals surface area contributed by atoms with Gasteiger partial charge >= 0.3 is 11.9 Å². The summed E-state index contributed by atoms with van der Waals surface area (Å²) in [6, 6.07) is 11.8. The third kappa shape index (κ3) is 5.35. The van der Waals surface area contributed by atoms with Crippen LogP contribution in [0.2, 0.25) is 10.0 Å². The maximum atomic E-state index is 12.4. The van der Waals surface area contributed by atoms with Crippen molar-refractivity contribution in [1.29, 1.82) is 0 Å². The van der Waals surface area contributed by atoms with Crippen molar-refractivity contribution in [1.82, 2.24) is 0 Å². The van der Waals surface area contributed by atoms with Gasteiger partial charge in [0, 0.05) is 11.3 Å². The minimum Gasteiger partial charge on any atom is -0.465 e. The molecular formula is C22H15Cl2NO7. The molecule has 0 bridgehead atoms. The SMILES string of the molecule is COC(=O)c1cc(NC(=O)COC(=O)c2cc(-c3ccc(C=O)o3)ccc2Cl)ccc1Cl. The first kappa shape index (κ1) is 23.1. The molecule has 0 fully saturated rings. The van der Waals surface area contributed by atoms with E-state index in [0.29, 0.717) is 17.6 Å². The first-order valence-corrected chi connectivity index (χ1v) is 9.77. The standard InChI is InChI=1S/C22H15Cl2NO7/c1-30-21(28)16-9-13(3-6-18(16)24)25-20(27)11-31-22(29)15-8-12(2-5-17(15)23)19-7-4-14(10-26)32-19/h2-10H,11H2,1H3,(H,25,27). The molecule has 8 nitrogen and oxygen atoms in total. The van der Waals surface area contributed by atoms with Gasteiger partial charge in [0.25, 0.3) is 5.91 Å². The van der Waals surface area contributed by atoms with Crippen molar-refractivity contribution >= 4 is 53.0 Å². The van der Waals surface area contributed by atoms with Crippen LogP contribution in [0.1, 0.15) is 31.3 Å². The molecule has 1 heterocycles. The molecule has 0 unspecified atom stereocenters. The summed E-state index contributed by atoms with van der Waals surface area (Å²) in [4.78, 5) is 47.1. The monoisotopic (exact) mass is 475 g/mol. The van der Waals surface area contributed by atoms with Crippen LogP contribution in [0.5, 0.6) is 0 Å². The van der Waals surface area contributed by atoms with E-state index in [1.165, 1.54) is 43.5 Å². The van der Waals surface area contributed by atoms with E-state index in [-0.39, 0.29) is 32.6 Å². The molecule has 1 aromatic heterocycles. The van der Waals surface area contributed by atoms with E-state index in [1.54, 1.807) is 12.1 Å². The number of benzene rings is 2. The largest absolute Gasteiger partial charge is 0.465 e. The van der Waals surface area contributed by atoms with Gasteiger partial charge in [-0.3, -0.25) is 9.59 Å². The molecule has 0 saturated heterocycles. The van der Waals surface area contributed by atoms with Crippen molar-refractivity contribution in [3.05, 3.63) is 75.5 Å². The number of esters is 2. The summed E-state index contributed by atoms with van der Waals surface area (Å²) >= 11 is 12.0. The highest BCUT2D eigenvalue weighted by Gasteiger charge is 2.17. The molecule has 32 heavy (non-hydrogen) atoms. The summed E-state index contributed by atoms with van der Waals surface area (Å²) in [6.07, 6.45) is 0.558. The molecule has 2 aromatic carbocycles. The van der Waals surface area contributed by atoms with Crippen molar-refractivity contribution in [3.8, 4) is 11.3 Å². The molecule has 0 radical (unpaired) electrons. The van der Waals surface area contributed by atoms with Crippen molar-refractivity contribution in [2.75, 3.05) is 19.0 Å². The van der Waals surface area contributed by atoms with Crippen molar-refractivity contribution < 1.29 is 33.1 Å². The number of hydrogen-bond donors (Lipinski definition) is 1. The quantitative estimate of drug-likeness (QED) is 0.390. The summed E-state index contributed by atoms with van der Waals surface area (Å²) in [5.74, 6) is -1.65. The van der Waals surface area contributed by atoms with Crippen LogP contribution >= 0.6 is 23.2 Å². The topological polar surface area (TPSA) is 112 Å². The zero-order valence-corrected chi connectivity index (χ0v) is 18.0. The number of ether oxygens (including phenoxy) is 2.